The molecule has 0 radical (unpaired) electrons. The van der Waals surface area contributed by atoms with Crippen molar-refractivity contribution in [3.8, 4) is 0 Å². The monoisotopic (exact) mass is 410 g/mol. The minimum absolute atomic E-state index is 0.0620. The average molecular weight is 411 g/mol. The Balaban J connectivity index is 1.39. The molecule has 1 fully saturated rings. The second-order valence-corrected chi connectivity index (χ2v) is 7.78. The van der Waals surface area contributed by atoms with Gasteiger partial charge >= 0.3 is 0 Å². The van der Waals surface area contributed by atoms with Crippen LogP contribution in [0, 0.1) is 5.92 Å². The van der Waals surface area contributed by atoms with Crippen LogP contribution in [-0.4, -0.2) is 48.2 Å². The van der Waals surface area contributed by atoms with Gasteiger partial charge in [-0.1, -0.05) is 36.4 Å². The van der Waals surface area contributed by atoms with Crippen LogP contribution in [0.2, 0.25) is 0 Å². The van der Waals surface area contributed by atoms with Crippen LogP contribution in [0.1, 0.15) is 31.7 Å². The first-order valence-corrected chi connectivity index (χ1v) is 11.1. The summed E-state index contributed by atoms with van der Waals surface area (Å²) in [7, 11) is 0. The fraction of sp³-hybridized carbons (Fsp3) is 0.500. The van der Waals surface area contributed by atoms with E-state index in [1.165, 1.54) is 5.56 Å². The van der Waals surface area contributed by atoms with Crippen molar-refractivity contribution in [2.45, 2.75) is 39.3 Å². The van der Waals surface area contributed by atoms with Gasteiger partial charge in [0.2, 0.25) is 5.56 Å². The first kappa shape index (κ1) is 22.1. The fourth-order valence-electron chi connectivity index (χ4n) is 3.73. The van der Waals surface area contributed by atoms with Gasteiger partial charge in [0, 0.05) is 50.9 Å². The number of hydrogen-bond acceptors (Lipinski definition) is 3. The molecule has 6 heteroatoms. The van der Waals surface area contributed by atoms with E-state index in [1.807, 2.05) is 30.5 Å². The number of likely N-dealkylation sites (tertiary alicyclic amines) is 1. The van der Waals surface area contributed by atoms with Crippen molar-refractivity contribution in [1.82, 2.24) is 14.8 Å². The van der Waals surface area contributed by atoms with Crippen LogP contribution in [0.25, 0.3) is 0 Å². The lowest BCUT2D eigenvalue weighted by Crippen LogP contribution is -2.40. The molecule has 1 atom stereocenters. The molecule has 6 nitrogen and oxygen atoms in total. The van der Waals surface area contributed by atoms with Crippen molar-refractivity contribution in [2.75, 3.05) is 32.8 Å². The molecule has 2 heterocycles. The second-order valence-electron chi connectivity index (χ2n) is 7.78. The Kier molecular flexibility index (Phi) is 8.97. The Morgan fingerprint density at radius 2 is 2.00 bits per heavy atom. The highest BCUT2D eigenvalue weighted by molar-refractivity contribution is 5.80. The second kappa shape index (κ2) is 12.2. The Bertz CT molecular complexity index is 834. The van der Waals surface area contributed by atoms with Crippen molar-refractivity contribution >= 4 is 5.96 Å². The molecule has 0 saturated carbocycles. The number of nitrogens with zero attached hydrogens (tertiary/aromatic N) is 3. The zero-order chi connectivity index (χ0) is 21.0. The van der Waals surface area contributed by atoms with Crippen LogP contribution < -0.4 is 10.9 Å². The number of aliphatic imine (C=N–C) groups is 1. The topological polar surface area (TPSA) is 58.9 Å². The van der Waals surface area contributed by atoms with Crippen LogP contribution >= 0.6 is 0 Å². The predicted octanol–water partition coefficient (Wildman–Crippen LogP) is 3.13. The highest BCUT2D eigenvalue weighted by Gasteiger charge is 2.24. The van der Waals surface area contributed by atoms with Crippen LogP contribution in [0.4, 0.5) is 0 Å². The number of hydrogen-bond donors (Lipinski definition) is 1. The highest BCUT2D eigenvalue weighted by atomic mass is 16.5. The molecule has 1 N–H and O–H groups in total. The summed E-state index contributed by atoms with van der Waals surface area (Å²) in [5.41, 5.74) is 1.28. The molecule has 0 spiro atoms. The van der Waals surface area contributed by atoms with Crippen molar-refractivity contribution in [3.63, 3.8) is 0 Å². The third kappa shape index (κ3) is 7.02. The van der Waals surface area contributed by atoms with E-state index in [0.717, 1.165) is 64.6 Å². The maximum atomic E-state index is 11.7. The Labute approximate surface area is 179 Å². The van der Waals surface area contributed by atoms with Crippen molar-refractivity contribution in [3.05, 3.63) is 70.6 Å². The molecule has 2 aromatic rings. The number of guanidine groups is 1. The fourth-order valence-corrected chi connectivity index (χ4v) is 3.73. The maximum Gasteiger partial charge on any atom is 0.250 e. The molecule has 0 aliphatic carbocycles. The molecule has 1 aromatic carbocycles. The number of ether oxygens (including phenoxy) is 1. The summed E-state index contributed by atoms with van der Waals surface area (Å²) < 4.78 is 7.70. The van der Waals surface area contributed by atoms with E-state index in [0.29, 0.717) is 12.5 Å². The zero-order valence-corrected chi connectivity index (χ0v) is 18.0. The number of aromatic nitrogens is 1. The van der Waals surface area contributed by atoms with Crippen molar-refractivity contribution in [2.24, 2.45) is 10.9 Å². The van der Waals surface area contributed by atoms with Gasteiger partial charge in [-0.3, -0.25) is 9.79 Å². The molecule has 0 bridgehead atoms. The Morgan fingerprint density at radius 1 is 1.17 bits per heavy atom. The number of nitrogens with one attached hydrogen (secondary N) is 1. The quantitative estimate of drug-likeness (QED) is 0.371. The summed E-state index contributed by atoms with van der Waals surface area (Å²) >= 11 is 0. The Hall–Kier alpha value is -2.60. The first-order chi connectivity index (χ1) is 14.8. The van der Waals surface area contributed by atoms with Crippen LogP contribution in [0.5, 0.6) is 0 Å². The number of pyridine rings is 1. The van der Waals surface area contributed by atoms with Gasteiger partial charge in [0.1, 0.15) is 0 Å². The van der Waals surface area contributed by atoms with E-state index < -0.39 is 0 Å². The van der Waals surface area contributed by atoms with E-state index in [4.69, 9.17) is 9.73 Å². The van der Waals surface area contributed by atoms with Gasteiger partial charge < -0.3 is 19.5 Å². The SMILES string of the molecule is CCNC(=NCCCCn1ccccc1=O)N1CCC(COCc2ccccc2)C1. The molecule has 1 unspecified atom stereocenters. The third-order valence-corrected chi connectivity index (χ3v) is 5.35. The molecule has 162 valence electrons. The lowest BCUT2D eigenvalue weighted by molar-refractivity contribution is 0.0907. The highest BCUT2D eigenvalue weighted by Crippen LogP contribution is 2.17. The lowest BCUT2D eigenvalue weighted by Gasteiger charge is -2.21. The zero-order valence-electron chi connectivity index (χ0n) is 18.0. The summed E-state index contributed by atoms with van der Waals surface area (Å²) in [4.78, 5) is 18.9. The molecule has 1 aliphatic rings. The molecule has 30 heavy (non-hydrogen) atoms. The summed E-state index contributed by atoms with van der Waals surface area (Å²) in [6, 6.07) is 15.6. The molecular formula is C24H34N4O2. The maximum absolute atomic E-state index is 11.7. The normalized spacial score (nSPS) is 16.8. The lowest BCUT2D eigenvalue weighted by atomic mass is 10.1. The molecule has 1 aliphatic heterocycles. The van der Waals surface area contributed by atoms with Crippen LogP contribution in [0.3, 0.4) is 0 Å². The molecule has 1 aromatic heterocycles. The Morgan fingerprint density at radius 3 is 2.80 bits per heavy atom. The summed E-state index contributed by atoms with van der Waals surface area (Å²) in [6.07, 6.45) is 4.90. The minimum atomic E-state index is 0.0620. The summed E-state index contributed by atoms with van der Waals surface area (Å²) in [5, 5.41) is 3.42. The van der Waals surface area contributed by atoms with Gasteiger partial charge in [-0.2, -0.15) is 0 Å². The van der Waals surface area contributed by atoms with Gasteiger partial charge in [0.15, 0.2) is 5.96 Å². The number of unbranched alkanes of at least 4 members (excludes halogenated alkanes) is 1. The number of rotatable bonds is 10. The molecule has 0 amide bonds. The average Bonchev–Trinajstić information content (AvgIpc) is 3.23. The van der Waals surface area contributed by atoms with Crippen molar-refractivity contribution in [1.29, 1.82) is 0 Å². The van der Waals surface area contributed by atoms with Crippen molar-refractivity contribution < 1.29 is 4.74 Å². The van der Waals surface area contributed by atoms with Crippen LogP contribution in [-0.2, 0) is 17.9 Å². The van der Waals surface area contributed by atoms with Gasteiger partial charge in [-0.15, -0.1) is 0 Å². The summed E-state index contributed by atoms with van der Waals surface area (Å²) in [5.74, 6) is 1.54. The van der Waals surface area contributed by atoms with Gasteiger partial charge in [0.25, 0.3) is 0 Å². The van der Waals surface area contributed by atoms with Gasteiger partial charge in [-0.05, 0) is 37.8 Å². The van der Waals surface area contributed by atoms with E-state index in [1.54, 1.807) is 16.7 Å². The third-order valence-electron chi connectivity index (χ3n) is 5.35. The van der Waals surface area contributed by atoms with Crippen LogP contribution in [0.15, 0.2) is 64.5 Å². The number of benzene rings is 1. The minimum Gasteiger partial charge on any atom is -0.376 e. The standard InChI is InChI=1S/C24H34N4O2/c1-2-25-24(26-14-7-9-16-27-15-8-6-12-23(27)29)28-17-13-22(18-28)20-30-19-21-10-4-3-5-11-21/h3-6,8,10-12,15,22H,2,7,9,13-14,16-20H2,1H3,(H,25,26). The molecule has 3 rings (SSSR count). The smallest absolute Gasteiger partial charge is 0.250 e. The first-order valence-electron chi connectivity index (χ1n) is 11.1. The van der Waals surface area contributed by atoms with E-state index in [-0.39, 0.29) is 5.56 Å². The number of aryl methyl sites for hydroxylation is 1. The largest absolute Gasteiger partial charge is 0.376 e. The van der Waals surface area contributed by atoms with E-state index >= 15 is 0 Å². The van der Waals surface area contributed by atoms with Gasteiger partial charge in [-0.25, -0.2) is 0 Å². The van der Waals surface area contributed by atoms with E-state index in [2.05, 4.69) is 29.3 Å². The summed E-state index contributed by atoms with van der Waals surface area (Å²) in [6.45, 7) is 7.96. The molecule has 1 saturated heterocycles. The van der Waals surface area contributed by atoms with E-state index in [9.17, 15) is 4.79 Å². The van der Waals surface area contributed by atoms with Gasteiger partial charge in [0.05, 0.1) is 13.2 Å². The predicted molar refractivity (Wildman–Crippen MR) is 122 cm³/mol. The molecular weight excluding hydrogens is 376 g/mol.